The molecule has 158 valence electrons. The van der Waals surface area contributed by atoms with Crippen molar-refractivity contribution >= 4 is 12.0 Å². The predicted molar refractivity (Wildman–Crippen MR) is 120 cm³/mol. The monoisotopic (exact) mass is 415 g/mol. The molecular formula is C26H25NO4. The third kappa shape index (κ3) is 4.72. The summed E-state index contributed by atoms with van der Waals surface area (Å²) in [6, 6.07) is 23.4. The van der Waals surface area contributed by atoms with E-state index in [2.05, 4.69) is 0 Å². The third-order valence-corrected chi connectivity index (χ3v) is 5.30. The van der Waals surface area contributed by atoms with Crippen LogP contribution in [-0.2, 0) is 11.3 Å². The fraction of sp³-hybridized carbons (Fsp3) is 0.192. The largest absolute Gasteiger partial charge is 0.493 e. The summed E-state index contributed by atoms with van der Waals surface area (Å²) in [5, 5.41) is 0. The number of nitrogens with zero attached hydrogens (tertiary/aromatic N) is 1. The van der Waals surface area contributed by atoms with E-state index in [0.29, 0.717) is 24.6 Å². The van der Waals surface area contributed by atoms with Gasteiger partial charge in [0, 0.05) is 18.2 Å². The van der Waals surface area contributed by atoms with Gasteiger partial charge in [0.2, 0.25) is 5.91 Å². The smallest absolute Gasteiger partial charge is 0.247 e. The zero-order valence-corrected chi connectivity index (χ0v) is 17.7. The van der Waals surface area contributed by atoms with E-state index in [9.17, 15) is 4.79 Å². The highest BCUT2D eigenvalue weighted by atomic mass is 16.5. The Labute approximate surface area is 182 Å². The fourth-order valence-corrected chi connectivity index (χ4v) is 3.65. The fourth-order valence-electron chi connectivity index (χ4n) is 3.65. The molecule has 1 amide bonds. The summed E-state index contributed by atoms with van der Waals surface area (Å²) in [5.41, 5.74) is 2.90. The Morgan fingerprint density at radius 2 is 1.71 bits per heavy atom. The maximum Gasteiger partial charge on any atom is 0.247 e. The summed E-state index contributed by atoms with van der Waals surface area (Å²) in [6.45, 7) is 0.961. The Bertz CT molecular complexity index is 1080. The number of ether oxygens (including phenoxy) is 3. The summed E-state index contributed by atoms with van der Waals surface area (Å²) < 4.78 is 16.9. The first-order chi connectivity index (χ1) is 15.2. The highest BCUT2D eigenvalue weighted by Crippen LogP contribution is 2.31. The summed E-state index contributed by atoms with van der Waals surface area (Å²) in [7, 11) is 3.19. The van der Waals surface area contributed by atoms with Gasteiger partial charge >= 0.3 is 0 Å². The average molecular weight is 415 g/mol. The number of para-hydroxylation sites is 1. The maximum atomic E-state index is 13.1. The highest BCUT2D eigenvalue weighted by molar-refractivity contribution is 5.92. The zero-order chi connectivity index (χ0) is 21.6. The van der Waals surface area contributed by atoms with E-state index >= 15 is 0 Å². The minimum Gasteiger partial charge on any atom is -0.493 e. The summed E-state index contributed by atoms with van der Waals surface area (Å²) in [4.78, 5) is 14.9. The molecule has 0 bridgehead atoms. The third-order valence-electron chi connectivity index (χ3n) is 5.30. The number of amides is 1. The number of hydrogen-bond donors (Lipinski definition) is 0. The van der Waals surface area contributed by atoms with Crippen molar-refractivity contribution < 1.29 is 19.0 Å². The highest BCUT2D eigenvalue weighted by Gasteiger charge is 2.26. The topological polar surface area (TPSA) is 48.0 Å². The molecule has 1 aliphatic heterocycles. The lowest BCUT2D eigenvalue weighted by molar-refractivity contribution is -0.127. The van der Waals surface area contributed by atoms with Crippen molar-refractivity contribution in [3.63, 3.8) is 0 Å². The van der Waals surface area contributed by atoms with E-state index in [1.165, 1.54) is 0 Å². The van der Waals surface area contributed by atoms with E-state index in [4.69, 9.17) is 14.2 Å². The van der Waals surface area contributed by atoms with Crippen LogP contribution in [0.2, 0.25) is 0 Å². The van der Waals surface area contributed by atoms with Crippen LogP contribution >= 0.6 is 0 Å². The second-order valence-electron chi connectivity index (χ2n) is 7.29. The molecule has 0 N–H and O–H groups in total. The van der Waals surface area contributed by atoms with Gasteiger partial charge in [0.15, 0.2) is 11.5 Å². The normalized spacial score (nSPS) is 15.7. The van der Waals surface area contributed by atoms with Crippen LogP contribution in [0.3, 0.4) is 0 Å². The van der Waals surface area contributed by atoms with Gasteiger partial charge in [-0.05, 0) is 35.4 Å². The van der Waals surface area contributed by atoms with E-state index in [1.807, 2.05) is 77.7 Å². The molecule has 0 aliphatic carbocycles. The predicted octanol–water partition coefficient (Wildman–Crippen LogP) is 4.88. The van der Waals surface area contributed by atoms with Crippen LogP contribution in [0.15, 0.2) is 78.9 Å². The number of benzene rings is 3. The van der Waals surface area contributed by atoms with Gasteiger partial charge in [0.05, 0.1) is 20.8 Å². The number of fused-ring (bicyclic) bond motifs is 1. The Morgan fingerprint density at radius 3 is 2.48 bits per heavy atom. The molecule has 1 unspecified atom stereocenters. The molecule has 0 saturated heterocycles. The van der Waals surface area contributed by atoms with Crippen molar-refractivity contribution in [3.05, 3.63) is 95.6 Å². The molecule has 0 fully saturated rings. The lowest BCUT2D eigenvalue weighted by Gasteiger charge is -2.23. The lowest BCUT2D eigenvalue weighted by atomic mass is 10.1. The maximum absolute atomic E-state index is 13.1. The molecule has 5 heteroatoms. The first-order valence-electron chi connectivity index (χ1n) is 10.2. The lowest BCUT2D eigenvalue weighted by Crippen LogP contribution is -2.32. The Balaban J connectivity index is 1.58. The van der Waals surface area contributed by atoms with E-state index in [0.717, 1.165) is 22.4 Å². The second kappa shape index (κ2) is 9.39. The molecule has 0 aromatic heterocycles. The van der Waals surface area contributed by atoms with Gasteiger partial charge in [-0.2, -0.15) is 0 Å². The molecule has 1 atom stereocenters. The number of carbonyl (C=O) groups is 1. The minimum atomic E-state index is -0.233. The molecule has 1 heterocycles. The van der Waals surface area contributed by atoms with Gasteiger partial charge in [-0.25, -0.2) is 0 Å². The van der Waals surface area contributed by atoms with Crippen molar-refractivity contribution in [2.24, 2.45) is 0 Å². The molecule has 1 aliphatic rings. The molecule has 3 aromatic carbocycles. The number of methoxy groups -OCH3 is 2. The minimum absolute atomic E-state index is 0.0731. The van der Waals surface area contributed by atoms with Gasteiger partial charge in [-0.3, -0.25) is 4.79 Å². The molecule has 0 radical (unpaired) electrons. The van der Waals surface area contributed by atoms with Gasteiger partial charge in [0.1, 0.15) is 11.9 Å². The van der Waals surface area contributed by atoms with Crippen LogP contribution in [-0.4, -0.2) is 31.6 Å². The van der Waals surface area contributed by atoms with Crippen molar-refractivity contribution in [3.8, 4) is 17.2 Å². The zero-order valence-electron chi connectivity index (χ0n) is 17.7. The summed E-state index contributed by atoms with van der Waals surface area (Å²) in [6.07, 6.45) is 3.15. The quantitative estimate of drug-likeness (QED) is 0.558. The van der Waals surface area contributed by atoms with E-state index < -0.39 is 0 Å². The van der Waals surface area contributed by atoms with Crippen molar-refractivity contribution in [1.82, 2.24) is 4.90 Å². The van der Waals surface area contributed by atoms with Crippen molar-refractivity contribution in [2.75, 3.05) is 20.8 Å². The Kier molecular flexibility index (Phi) is 6.22. The molecule has 3 aromatic rings. The Hall–Kier alpha value is -3.73. The number of hydrogen-bond acceptors (Lipinski definition) is 4. The number of carbonyl (C=O) groups excluding carboxylic acids is 1. The van der Waals surface area contributed by atoms with E-state index in [1.54, 1.807) is 26.4 Å². The molecule has 0 spiro atoms. The molecular weight excluding hydrogens is 390 g/mol. The van der Waals surface area contributed by atoms with Gasteiger partial charge in [0.25, 0.3) is 0 Å². The summed E-state index contributed by atoms with van der Waals surface area (Å²) in [5.74, 6) is 2.02. The van der Waals surface area contributed by atoms with Crippen molar-refractivity contribution in [2.45, 2.75) is 12.6 Å². The van der Waals surface area contributed by atoms with Gasteiger partial charge in [-0.15, -0.1) is 0 Å². The number of rotatable bonds is 5. The Morgan fingerprint density at radius 1 is 0.968 bits per heavy atom. The second-order valence-corrected chi connectivity index (χ2v) is 7.29. The van der Waals surface area contributed by atoms with Crippen LogP contribution in [0.5, 0.6) is 17.2 Å². The summed E-state index contributed by atoms with van der Waals surface area (Å²) >= 11 is 0. The molecule has 5 nitrogen and oxygen atoms in total. The van der Waals surface area contributed by atoms with Crippen LogP contribution in [0.25, 0.3) is 6.08 Å². The molecule has 31 heavy (non-hydrogen) atoms. The van der Waals surface area contributed by atoms with Crippen LogP contribution in [0.4, 0.5) is 0 Å². The van der Waals surface area contributed by atoms with Crippen molar-refractivity contribution in [1.29, 1.82) is 0 Å². The first kappa shape index (κ1) is 20.5. The van der Waals surface area contributed by atoms with Crippen LogP contribution in [0, 0.1) is 0 Å². The van der Waals surface area contributed by atoms with Gasteiger partial charge in [-0.1, -0.05) is 54.6 Å². The van der Waals surface area contributed by atoms with Gasteiger partial charge < -0.3 is 19.1 Å². The van der Waals surface area contributed by atoms with E-state index in [-0.39, 0.29) is 12.0 Å². The average Bonchev–Trinajstić information content (AvgIpc) is 3.03. The standard InChI is InChI=1S/C26H25NO4/c1-29-23-14-12-19(16-24(23)30-2)13-15-26(28)27-17-21-10-6-7-11-22(21)31-25(18-27)20-8-4-3-5-9-20/h3-16,25H,17-18H2,1-2H3. The molecule has 0 saturated carbocycles. The SMILES string of the molecule is COc1ccc(C=CC(=O)N2Cc3ccccc3OC(c3ccccc3)C2)cc1OC. The van der Waals surface area contributed by atoms with Crippen LogP contribution in [0.1, 0.15) is 22.8 Å². The van der Waals surface area contributed by atoms with Crippen LogP contribution < -0.4 is 14.2 Å². The molecule has 4 rings (SSSR count). The first-order valence-corrected chi connectivity index (χ1v) is 10.2.